The third-order valence-electron chi connectivity index (χ3n) is 4.68. The molecule has 3 rings (SSSR count). The second-order valence-electron chi connectivity index (χ2n) is 6.61. The highest BCUT2D eigenvalue weighted by Gasteiger charge is 2.24. The van der Waals surface area contributed by atoms with Gasteiger partial charge in [-0.05, 0) is 30.2 Å². The van der Waals surface area contributed by atoms with Crippen molar-refractivity contribution in [2.45, 2.75) is 19.9 Å². The number of fused-ring (bicyclic) bond motifs is 1. The topological polar surface area (TPSA) is 42.0 Å². The van der Waals surface area contributed by atoms with E-state index in [4.69, 9.17) is 21.1 Å². The number of nitrogens with zero attached hydrogens (tertiary/aromatic N) is 2. The van der Waals surface area contributed by atoms with Gasteiger partial charge in [-0.2, -0.15) is 0 Å². The molecule has 1 amide bonds. The van der Waals surface area contributed by atoms with Gasteiger partial charge < -0.3 is 19.3 Å². The summed E-state index contributed by atoms with van der Waals surface area (Å²) in [6.07, 6.45) is 0.862. The van der Waals surface area contributed by atoms with Crippen LogP contribution in [0.2, 0.25) is 5.02 Å². The molecule has 0 atom stereocenters. The van der Waals surface area contributed by atoms with E-state index in [2.05, 4.69) is 17.0 Å². The Kier molecular flexibility index (Phi) is 6.11. The Hall–Kier alpha value is -2.40. The van der Waals surface area contributed by atoms with Crippen LogP contribution in [-0.4, -0.2) is 44.7 Å². The average molecular weight is 389 g/mol. The number of rotatable bonds is 5. The maximum absolute atomic E-state index is 13.2. The fourth-order valence-electron chi connectivity index (χ4n) is 3.24. The molecule has 0 saturated heterocycles. The number of carbonyl (C=O) groups excluding carboxylic acids is 1. The summed E-state index contributed by atoms with van der Waals surface area (Å²) < 4.78 is 11.1. The third kappa shape index (κ3) is 4.14. The smallest absolute Gasteiger partial charge is 0.254 e. The zero-order chi connectivity index (χ0) is 19.4. The number of amides is 1. The fraction of sp³-hybridized carbons (Fsp3) is 0.381. The molecule has 0 aromatic heterocycles. The lowest BCUT2D eigenvalue weighted by molar-refractivity contribution is 0.0751. The van der Waals surface area contributed by atoms with Crippen molar-refractivity contribution in [3.05, 3.63) is 52.5 Å². The van der Waals surface area contributed by atoms with Gasteiger partial charge in [0.1, 0.15) is 0 Å². The van der Waals surface area contributed by atoms with Crippen LogP contribution in [0, 0.1) is 0 Å². The summed E-state index contributed by atoms with van der Waals surface area (Å²) >= 11 is 6.38. The number of methoxy groups -OCH3 is 1. The van der Waals surface area contributed by atoms with Crippen molar-refractivity contribution in [2.75, 3.05) is 38.8 Å². The van der Waals surface area contributed by atoms with E-state index in [1.54, 1.807) is 19.2 Å². The van der Waals surface area contributed by atoms with Crippen molar-refractivity contribution < 1.29 is 14.3 Å². The second-order valence-corrected chi connectivity index (χ2v) is 7.02. The maximum Gasteiger partial charge on any atom is 0.254 e. The standard InChI is InChI=1S/C21H25ClN2O3/c1-4-11-27-20-17(22)12-16(13-19(20)26-3)21(25)24-10-9-23(2)18-8-6-5-7-15(18)14-24/h5-8,12-13H,4,9-11,14H2,1-3H3. The predicted molar refractivity (Wildman–Crippen MR) is 108 cm³/mol. The molecule has 0 unspecified atom stereocenters. The van der Waals surface area contributed by atoms with Crippen molar-refractivity contribution >= 4 is 23.2 Å². The van der Waals surface area contributed by atoms with Gasteiger partial charge in [0.25, 0.3) is 5.91 Å². The van der Waals surface area contributed by atoms with Gasteiger partial charge in [-0.25, -0.2) is 0 Å². The van der Waals surface area contributed by atoms with Gasteiger partial charge in [0.2, 0.25) is 0 Å². The quantitative estimate of drug-likeness (QED) is 0.768. The van der Waals surface area contributed by atoms with Crippen LogP contribution in [0.5, 0.6) is 11.5 Å². The molecule has 1 aliphatic heterocycles. The molecule has 27 heavy (non-hydrogen) atoms. The number of benzene rings is 2. The Morgan fingerprint density at radius 1 is 1.22 bits per heavy atom. The van der Waals surface area contributed by atoms with Crippen LogP contribution in [0.1, 0.15) is 29.3 Å². The van der Waals surface area contributed by atoms with Gasteiger partial charge in [0.05, 0.1) is 18.7 Å². The van der Waals surface area contributed by atoms with Gasteiger partial charge in [-0.3, -0.25) is 4.79 Å². The molecule has 0 bridgehead atoms. The van der Waals surface area contributed by atoms with Crippen LogP contribution in [-0.2, 0) is 6.54 Å². The number of hydrogen-bond donors (Lipinski definition) is 0. The summed E-state index contributed by atoms with van der Waals surface area (Å²) in [5, 5.41) is 0.387. The third-order valence-corrected chi connectivity index (χ3v) is 4.96. The number of hydrogen-bond acceptors (Lipinski definition) is 4. The van der Waals surface area contributed by atoms with E-state index in [1.165, 1.54) is 0 Å². The molecule has 0 fully saturated rings. The molecule has 1 aliphatic rings. The lowest BCUT2D eigenvalue weighted by atomic mass is 10.1. The molecule has 2 aromatic rings. The molecule has 1 heterocycles. The molecule has 6 heteroatoms. The number of halogens is 1. The van der Waals surface area contributed by atoms with Gasteiger partial charge in [0.15, 0.2) is 11.5 Å². The minimum Gasteiger partial charge on any atom is -0.493 e. The number of carbonyl (C=O) groups is 1. The predicted octanol–water partition coefficient (Wildman–Crippen LogP) is 4.23. The zero-order valence-corrected chi connectivity index (χ0v) is 16.8. The molecule has 5 nitrogen and oxygen atoms in total. The van der Waals surface area contributed by atoms with Crippen LogP contribution in [0.3, 0.4) is 0 Å². The van der Waals surface area contributed by atoms with Crippen molar-refractivity contribution in [3.8, 4) is 11.5 Å². The Morgan fingerprint density at radius 3 is 2.74 bits per heavy atom. The highest BCUT2D eigenvalue weighted by atomic mass is 35.5. The minimum atomic E-state index is -0.0673. The molecule has 144 valence electrons. The SMILES string of the molecule is CCCOc1c(Cl)cc(C(=O)N2CCN(C)c3ccccc3C2)cc1OC. The first-order valence-electron chi connectivity index (χ1n) is 9.13. The van der Waals surface area contributed by atoms with E-state index in [0.717, 1.165) is 24.2 Å². The summed E-state index contributed by atoms with van der Waals surface area (Å²) in [4.78, 5) is 17.2. The largest absolute Gasteiger partial charge is 0.493 e. The minimum absolute atomic E-state index is 0.0673. The first-order valence-corrected chi connectivity index (χ1v) is 9.51. The molecule has 0 aliphatic carbocycles. The van der Waals surface area contributed by atoms with E-state index in [1.807, 2.05) is 31.0 Å². The van der Waals surface area contributed by atoms with Crippen molar-refractivity contribution in [2.24, 2.45) is 0 Å². The monoisotopic (exact) mass is 388 g/mol. The Labute approximate surface area is 165 Å². The van der Waals surface area contributed by atoms with E-state index >= 15 is 0 Å². The van der Waals surface area contributed by atoms with Crippen LogP contribution in [0.15, 0.2) is 36.4 Å². The lowest BCUT2D eigenvalue weighted by Gasteiger charge is -2.22. The normalized spacial score (nSPS) is 13.8. The first-order chi connectivity index (χ1) is 13.0. The molecular formula is C21H25ClN2O3. The van der Waals surface area contributed by atoms with Gasteiger partial charge in [-0.15, -0.1) is 0 Å². The number of likely N-dealkylation sites (N-methyl/N-ethyl adjacent to an activating group) is 1. The van der Waals surface area contributed by atoms with Crippen LogP contribution >= 0.6 is 11.6 Å². The van der Waals surface area contributed by atoms with Crippen molar-refractivity contribution in [1.29, 1.82) is 0 Å². The summed E-state index contributed by atoms with van der Waals surface area (Å²) in [7, 11) is 3.60. The molecule has 0 N–H and O–H groups in total. The molecule has 0 spiro atoms. The van der Waals surface area contributed by atoms with Gasteiger partial charge in [-0.1, -0.05) is 36.7 Å². The Bertz CT molecular complexity index is 825. The highest BCUT2D eigenvalue weighted by molar-refractivity contribution is 6.32. The second kappa shape index (κ2) is 8.53. The summed E-state index contributed by atoms with van der Waals surface area (Å²) in [5.74, 6) is 0.896. The number of para-hydroxylation sites is 1. The summed E-state index contributed by atoms with van der Waals surface area (Å²) in [5.41, 5.74) is 2.79. The van der Waals surface area contributed by atoms with Gasteiger partial charge >= 0.3 is 0 Å². The molecule has 2 aromatic carbocycles. The first kappa shape index (κ1) is 19.4. The Morgan fingerprint density at radius 2 is 2.00 bits per heavy atom. The number of anilines is 1. The van der Waals surface area contributed by atoms with E-state index in [0.29, 0.717) is 41.8 Å². The van der Waals surface area contributed by atoms with Crippen LogP contribution in [0.25, 0.3) is 0 Å². The molecular weight excluding hydrogens is 364 g/mol. The Balaban J connectivity index is 1.88. The number of ether oxygens (including phenoxy) is 2. The van der Waals surface area contributed by atoms with Crippen LogP contribution in [0.4, 0.5) is 5.69 Å². The van der Waals surface area contributed by atoms with E-state index in [-0.39, 0.29) is 5.91 Å². The highest BCUT2D eigenvalue weighted by Crippen LogP contribution is 2.37. The fourth-order valence-corrected chi connectivity index (χ4v) is 3.50. The van der Waals surface area contributed by atoms with Crippen molar-refractivity contribution in [3.63, 3.8) is 0 Å². The maximum atomic E-state index is 13.2. The molecule has 0 radical (unpaired) electrons. The summed E-state index contributed by atoms with van der Waals surface area (Å²) in [6.45, 7) is 4.53. The van der Waals surface area contributed by atoms with E-state index in [9.17, 15) is 4.79 Å². The lowest BCUT2D eigenvalue weighted by Crippen LogP contribution is -2.34. The zero-order valence-electron chi connectivity index (χ0n) is 16.0. The van der Waals surface area contributed by atoms with E-state index < -0.39 is 0 Å². The van der Waals surface area contributed by atoms with Gasteiger partial charge in [0, 0.05) is 37.9 Å². The molecule has 0 saturated carbocycles. The van der Waals surface area contributed by atoms with Crippen LogP contribution < -0.4 is 14.4 Å². The summed E-state index contributed by atoms with van der Waals surface area (Å²) in [6, 6.07) is 11.5. The van der Waals surface area contributed by atoms with Crippen molar-refractivity contribution in [1.82, 2.24) is 4.90 Å². The average Bonchev–Trinajstić information content (AvgIpc) is 2.85.